The first-order valence-electron chi connectivity index (χ1n) is 9.13. The van der Waals surface area contributed by atoms with Crippen LogP contribution < -0.4 is 24.4 Å². The van der Waals surface area contributed by atoms with Gasteiger partial charge in [-0.15, -0.1) is 0 Å². The van der Waals surface area contributed by atoms with E-state index in [4.69, 9.17) is 23.4 Å². The number of hydrogen-bond donors (Lipinski definition) is 0. The van der Waals surface area contributed by atoms with Gasteiger partial charge in [-0.2, -0.15) is 0 Å². The third-order valence-electron chi connectivity index (χ3n) is 4.45. The Labute approximate surface area is 163 Å². The highest BCUT2D eigenvalue weighted by Crippen LogP contribution is 2.37. The van der Waals surface area contributed by atoms with Crippen molar-refractivity contribution < 1.29 is 23.4 Å². The molecule has 0 atom stereocenters. The van der Waals surface area contributed by atoms with E-state index in [1.165, 1.54) is 0 Å². The van der Waals surface area contributed by atoms with Gasteiger partial charge in [-0.3, -0.25) is 4.79 Å². The summed E-state index contributed by atoms with van der Waals surface area (Å²) in [4.78, 5) is 13.1. The second kappa shape index (κ2) is 8.69. The van der Waals surface area contributed by atoms with E-state index in [9.17, 15) is 4.79 Å². The summed E-state index contributed by atoms with van der Waals surface area (Å²) in [6, 6.07) is 10.4. The number of methoxy groups -OCH3 is 3. The molecule has 0 N–H and O–H groups in total. The number of ether oxygens (including phenoxy) is 4. The fourth-order valence-corrected chi connectivity index (χ4v) is 2.90. The molecule has 1 heterocycles. The fraction of sp³-hybridized carbons (Fsp3) is 0.318. The summed E-state index contributed by atoms with van der Waals surface area (Å²) >= 11 is 0. The van der Waals surface area contributed by atoms with E-state index in [1.54, 1.807) is 57.7 Å². The smallest absolute Gasteiger partial charge is 0.235 e. The Kier molecular flexibility index (Phi) is 6.09. The van der Waals surface area contributed by atoms with Gasteiger partial charge >= 0.3 is 0 Å². The fourth-order valence-electron chi connectivity index (χ4n) is 2.90. The van der Waals surface area contributed by atoms with Crippen LogP contribution in [-0.4, -0.2) is 27.9 Å². The summed E-state index contributed by atoms with van der Waals surface area (Å²) in [6.07, 6.45) is 1.80. The molecule has 6 heteroatoms. The van der Waals surface area contributed by atoms with Gasteiger partial charge in [-0.25, -0.2) is 0 Å². The minimum atomic E-state index is -0.218. The first-order chi connectivity index (χ1) is 13.6. The van der Waals surface area contributed by atoms with Crippen LogP contribution in [0.1, 0.15) is 19.8 Å². The molecule has 0 bridgehead atoms. The van der Waals surface area contributed by atoms with Crippen LogP contribution in [-0.2, 0) is 0 Å². The van der Waals surface area contributed by atoms with E-state index in [0.29, 0.717) is 46.1 Å². The highest BCUT2D eigenvalue weighted by Gasteiger charge is 2.19. The second-order valence-corrected chi connectivity index (χ2v) is 6.22. The van der Waals surface area contributed by atoms with Crippen LogP contribution in [0, 0.1) is 0 Å². The van der Waals surface area contributed by atoms with Crippen LogP contribution in [0.2, 0.25) is 0 Å². The van der Waals surface area contributed by atoms with E-state index in [1.807, 2.05) is 0 Å². The lowest BCUT2D eigenvalue weighted by Crippen LogP contribution is -2.11. The van der Waals surface area contributed by atoms with Crippen molar-refractivity contribution in [2.24, 2.45) is 0 Å². The molecule has 0 radical (unpaired) electrons. The third kappa shape index (κ3) is 3.76. The minimum absolute atomic E-state index is 0.193. The molecule has 6 nitrogen and oxygen atoms in total. The van der Waals surface area contributed by atoms with Gasteiger partial charge in [-0.1, -0.05) is 13.3 Å². The maximum absolute atomic E-state index is 13.1. The number of fused-ring (bicyclic) bond motifs is 1. The predicted octanol–water partition coefficient (Wildman–Crippen LogP) is 4.66. The van der Waals surface area contributed by atoms with Crippen molar-refractivity contribution in [3.05, 3.63) is 46.6 Å². The molecule has 0 saturated heterocycles. The van der Waals surface area contributed by atoms with Crippen molar-refractivity contribution in [3.63, 3.8) is 0 Å². The standard InChI is InChI=1S/C22H24O6/c1-5-6-11-27-22-20(23)16-9-8-15(24-2)13-18(16)28-21(22)14-7-10-17(25-3)19(12-14)26-4/h7-10,12-13H,5-6,11H2,1-4H3. The molecule has 3 aromatic rings. The van der Waals surface area contributed by atoms with E-state index in [-0.39, 0.29) is 11.2 Å². The van der Waals surface area contributed by atoms with Gasteiger partial charge in [0.05, 0.1) is 33.3 Å². The molecule has 1 aromatic heterocycles. The normalized spacial score (nSPS) is 10.7. The molecule has 0 saturated carbocycles. The Bertz CT molecular complexity index is 1020. The van der Waals surface area contributed by atoms with E-state index in [2.05, 4.69) is 6.92 Å². The number of rotatable bonds is 8. The minimum Gasteiger partial charge on any atom is -0.497 e. The predicted molar refractivity (Wildman–Crippen MR) is 108 cm³/mol. The summed E-state index contributed by atoms with van der Waals surface area (Å²) in [5, 5.41) is 0.441. The number of unbranched alkanes of at least 4 members (excludes halogenated alkanes) is 1. The summed E-state index contributed by atoms with van der Waals surface area (Å²) in [5.41, 5.74) is 0.868. The molecule has 0 amide bonds. The first-order valence-corrected chi connectivity index (χ1v) is 9.13. The number of benzene rings is 2. The zero-order chi connectivity index (χ0) is 20.1. The van der Waals surface area contributed by atoms with Gasteiger partial charge in [0.25, 0.3) is 0 Å². The molecule has 0 spiro atoms. The monoisotopic (exact) mass is 384 g/mol. The molecule has 148 valence electrons. The van der Waals surface area contributed by atoms with Gasteiger partial charge < -0.3 is 23.4 Å². The van der Waals surface area contributed by atoms with Gasteiger partial charge in [0.1, 0.15) is 11.3 Å². The second-order valence-electron chi connectivity index (χ2n) is 6.22. The molecule has 0 aliphatic heterocycles. The lowest BCUT2D eigenvalue weighted by molar-refractivity contribution is 0.301. The SMILES string of the molecule is CCCCOc1c(-c2ccc(OC)c(OC)c2)oc2cc(OC)ccc2c1=O. The first kappa shape index (κ1) is 19.6. The zero-order valence-corrected chi connectivity index (χ0v) is 16.5. The summed E-state index contributed by atoms with van der Waals surface area (Å²) < 4.78 is 27.9. The molecule has 0 aliphatic carbocycles. The van der Waals surface area contributed by atoms with E-state index >= 15 is 0 Å². The van der Waals surface area contributed by atoms with Crippen molar-refractivity contribution >= 4 is 11.0 Å². The average Bonchev–Trinajstić information content (AvgIpc) is 2.74. The van der Waals surface area contributed by atoms with E-state index < -0.39 is 0 Å². The Hall–Kier alpha value is -3.15. The van der Waals surface area contributed by atoms with Crippen LogP contribution in [0.4, 0.5) is 0 Å². The van der Waals surface area contributed by atoms with Crippen LogP contribution in [0.3, 0.4) is 0 Å². The maximum atomic E-state index is 13.1. The topological polar surface area (TPSA) is 67.1 Å². The number of hydrogen-bond acceptors (Lipinski definition) is 6. The van der Waals surface area contributed by atoms with Gasteiger partial charge in [0, 0.05) is 11.6 Å². The van der Waals surface area contributed by atoms with Gasteiger partial charge in [0.15, 0.2) is 17.3 Å². The molecule has 0 fully saturated rings. The quantitative estimate of drug-likeness (QED) is 0.526. The zero-order valence-electron chi connectivity index (χ0n) is 16.5. The van der Waals surface area contributed by atoms with Crippen molar-refractivity contribution in [2.75, 3.05) is 27.9 Å². The van der Waals surface area contributed by atoms with Gasteiger partial charge in [0.2, 0.25) is 11.2 Å². The van der Waals surface area contributed by atoms with Crippen LogP contribution in [0.15, 0.2) is 45.6 Å². The highest BCUT2D eigenvalue weighted by atomic mass is 16.5. The Morgan fingerprint density at radius 2 is 1.71 bits per heavy atom. The van der Waals surface area contributed by atoms with Crippen LogP contribution in [0.25, 0.3) is 22.3 Å². The molecule has 0 unspecified atom stereocenters. The average molecular weight is 384 g/mol. The lowest BCUT2D eigenvalue weighted by atomic mass is 10.1. The third-order valence-corrected chi connectivity index (χ3v) is 4.45. The largest absolute Gasteiger partial charge is 0.497 e. The highest BCUT2D eigenvalue weighted by molar-refractivity contribution is 5.83. The van der Waals surface area contributed by atoms with Crippen LogP contribution in [0.5, 0.6) is 23.0 Å². The lowest BCUT2D eigenvalue weighted by Gasteiger charge is -2.14. The van der Waals surface area contributed by atoms with Crippen molar-refractivity contribution in [1.82, 2.24) is 0 Å². The molecule has 28 heavy (non-hydrogen) atoms. The summed E-state index contributed by atoms with van der Waals surface area (Å²) in [7, 11) is 4.69. The van der Waals surface area contributed by atoms with Crippen molar-refractivity contribution in [1.29, 1.82) is 0 Å². The Morgan fingerprint density at radius 3 is 2.39 bits per heavy atom. The molecule has 3 rings (SSSR count). The van der Waals surface area contributed by atoms with E-state index in [0.717, 1.165) is 12.8 Å². The molecular formula is C22H24O6. The van der Waals surface area contributed by atoms with Crippen molar-refractivity contribution in [2.45, 2.75) is 19.8 Å². The summed E-state index contributed by atoms with van der Waals surface area (Å²) in [6.45, 7) is 2.50. The Morgan fingerprint density at radius 1 is 0.929 bits per heavy atom. The van der Waals surface area contributed by atoms with Gasteiger partial charge in [-0.05, 0) is 36.8 Å². The molecule has 2 aromatic carbocycles. The summed E-state index contributed by atoms with van der Waals surface area (Å²) in [5.74, 6) is 2.27. The molecule has 0 aliphatic rings. The van der Waals surface area contributed by atoms with Crippen LogP contribution >= 0.6 is 0 Å². The van der Waals surface area contributed by atoms with Crippen molar-refractivity contribution in [3.8, 4) is 34.3 Å². The Balaban J connectivity index is 2.23. The molecular weight excluding hydrogens is 360 g/mol. The maximum Gasteiger partial charge on any atom is 0.235 e.